The predicted octanol–water partition coefficient (Wildman–Crippen LogP) is 4.66. The molecule has 2 amide bonds. The van der Waals surface area contributed by atoms with E-state index in [1.54, 1.807) is 17.0 Å². The molecule has 38 heavy (non-hydrogen) atoms. The summed E-state index contributed by atoms with van der Waals surface area (Å²) in [4.78, 5) is 28.1. The average Bonchev–Trinajstić information content (AvgIpc) is 2.88. The summed E-state index contributed by atoms with van der Waals surface area (Å²) >= 11 is 6.22. The molecule has 2 aromatic carbocycles. The number of nitrogens with one attached hydrogen (secondary N) is 1. The molecule has 0 saturated carbocycles. The van der Waals surface area contributed by atoms with Crippen LogP contribution in [0.25, 0.3) is 0 Å². The van der Waals surface area contributed by atoms with E-state index in [9.17, 15) is 18.0 Å². The maximum absolute atomic E-state index is 13.4. The van der Waals surface area contributed by atoms with E-state index in [1.807, 2.05) is 37.3 Å². The van der Waals surface area contributed by atoms with Gasteiger partial charge in [0, 0.05) is 26.1 Å². The maximum atomic E-state index is 13.4. The number of amides is 2. The molecule has 2 rings (SSSR count). The van der Waals surface area contributed by atoms with Gasteiger partial charge in [-0.15, -0.1) is 0 Å². The molecule has 0 aromatic heterocycles. The van der Waals surface area contributed by atoms with Crippen LogP contribution in [0.3, 0.4) is 0 Å². The van der Waals surface area contributed by atoms with Crippen LogP contribution in [0.4, 0.5) is 5.69 Å². The van der Waals surface area contributed by atoms with Crippen LogP contribution in [0, 0.1) is 0 Å². The molecule has 210 valence electrons. The molecule has 0 bridgehead atoms. The average molecular weight is 566 g/mol. The standard InChI is InChI=1S/C28H40ClN3O5S/c1-5-7-18-30-28(34)25(6-2)31(20-17-22-12-9-8-10-13-22)27(33)14-11-19-32(38(4,35)36)23-15-16-26(37-3)24(29)21-23/h8-10,12-13,15-16,21,25H,5-7,11,14,17-20H2,1-4H3,(H,30,34)/t25-/m0/s1. The Morgan fingerprint density at radius 1 is 1.05 bits per heavy atom. The lowest BCUT2D eigenvalue weighted by Gasteiger charge is -2.31. The first-order chi connectivity index (χ1) is 18.1. The smallest absolute Gasteiger partial charge is 0.242 e. The van der Waals surface area contributed by atoms with Crippen molar-refractivity contribution in [2.75, 3.05) is 37.3 Å². The number of hydrogen-bond acceptors (Lipinski definition) is 5. The van der Waals surface area contributed by atoms with Crippen LogP contribution in [0.5, 0.6) is 5.75 Å². The maximum Gasteiger partial charge on any atom is 0.242 e. The number of carbonyl (C=O) groups excluding carboxylic acids is 2. The van der Waals surface area contributed by atoms with Crippen LogP contribution in [0.15, 0.2) is 48.5 Å². The fourth-order valence-corrected chi connectivity index (χ4v) is 5.43. The highest BCUT2D eigenvalue weighted by molar-refractivity contribution is 7.92. The third kappa shape index (κ3) is 9.51. The number of nitrogens with zero attached hydrogens (tertiary/aromatic N) is 2. The second-order valence-electron chi connectivity index (χ2n) is 9.15. The molecular weight excluding hydrogens is 526 g/mol. The Morgan fingerprint density at radius 2 is 1.76 bits per heavy atom. The molecule has 0 heterocycles. The number of unbranched alkanes of at least 4 members (excludes halogenated alkanes) is 1. The highest BCUT2D eigenvalue weighted by Gasteiger charge is 2.28. The first kappa shape index (κ1) is 31.4. The van der Waals surface area contributed by atoms with Crippen molar-refractivity contribution in [1.29, 1.82) is 0 Å². The minimum absolute atomic E-state index is 0.0965. The minimum Gasteiger partial charge on any atom is -0.495 e. The normalized spacial score (nSPS) is 12.0. The van der Waals surface area contributed by atoms with E-state index in [0.29, 0.717) is 42.4 Å². The number of anilines is 1. The third-order valence-electron chi connectivity index (χ3n) is 6.28. The van der Waals surface area contributed by atoms with Gasteiger partial charge in [0.05, 0.1) is 24.1 Å². The van der Waals surface area contributed by atoms with Crippen molar-refractivity contribution in [3.05, 3.63) is 59.1 Å². The fourth-order valence-electron chi connectivity index (χ4n) is 4.22. The number of rotatable bonds is 16. The topological polar surface area (TPSA) is 96.0 Å². The van der Waals surface area contributed by atoms with Crippen molar-refractivity contribution in [3.63, 3.8) is 0 Å². The zero-order chi connectivity index (χ0) is 28.1. The van der Waals surface area contributed by atoms with E-state index in [-0.39, 0.29) is 31.2 Å². The van der Waals surface area contributed by atoms with Gasteiger partial charge in [0.15, 0.2) is 0 Å². The molecular formula is C28H40ClN3O5S. The first-order valence-electron chi connectivity index (χ1n) is 13.0. The van der Waals surface area contributed by atoms with Gasteiger partial charge in [-0.25, -0.2) is 8.42 Å². The molecule has 0 unspecified atom stereocenters. The SMILES string of the molecule is CCCCNC(=O)[C@H](CC)N(CCc1ccccc1)C(=O)CCCN(c1ccc(OC)c(Cl)c1)S(C)(=O)=O. The minimum atomic E-state index is -3.62. The van der Waals surface area contributed by atoms with Crippen LogP contribution in [-0.4, -0.2) is 64.2 Å². The van der Waals surface area contributed by atoms with Gasteiger partial charge < -0.3 is 15.0 Å². The monoisotopic (exact) mass is 565 g/mol. The van der Waals surface area contributed by atoms with Crippen molar-refractivity contribution in [2.45, 2.75) is 58.4 Å². The molecule has 1 N–H and O–H groups in total. The number of ether oxygens (including phenoxy) is 1. The van der Waals surface area contributed by atoms with E-state index < -0.39 is 16.1 Å². The Labute approximate surface area is 232 Å². The van der Waals surface area contributed by atoms with Crippen LogP contribution < -0.4 is 14.4 Å². The number of benzene rings is 2. The lowest BCUT2D eigenvalue weighted by Crippen LogP contribution is -2.50. The number of sulfonamides is 1. The van der Waals surface area contributed by atoms with Crippen LogP contribution in [-0.2, 0) is 26.0 Å². The fraction of sp³-hybridized carbons (Fsp3) is 0.500. The molecule has 0 aliphatic carbocycles. The van der Waals surface area contributed by atoms with Gasteiger partial charge >= 0.3 is 0 Å². The second kappa shape index (κ2) is 15.6. The summed E-state index contributed by atoms with van der Waals surface area (Å²) in [7, 11) is -2.14. The lowest BCUT2D eigenvalue weighted by molar-refractivity contribution is -0.140. The summed E-state index contributed by atoms with van der Waals surface area (Å²) in [6.45, 7) is 5.01. The third-order valence-corrected chi connectivity index (χ3v) is 7.76. The van der Waals surface area contributed by atoms with Crippen LogP contribution in [0.2, 0.25) is 5.02 Å². The van der Waals surface area contributed by atoms with E-state index in [2.05, 4.69) is 12.2 Å². The Hall–Kier alpha value is -2.78. The first-order valence-corrected chi connectivity index (χ1v) is 15.3. The van der Waals surface area contributed by atoms with Crippen LogP contribution >= 0.6 is 11.6 Å². The van der Waals surface area contributed by atoms with Gasteiger partial charge in [-0.3, -0.25) is 13.9 Å². The lowest BCUT2D eigenvalue weighted by atomic mass is 10.1. The zero-order valence-corrected chi connectivity index (χ0v) is 24.4. The highest BCUT2D eigenvalue weighted by atomic mass is 35.5. The molecule has 0 fully saturated rings. The second-order valence-corrected chi connectivity index (χ2v) is 11.5. The van der Waals surface area contributed by atoms with Crippen LogP contribution in [0.1, 0.15) is 51.5 Å². The van der Waals surface area contributed by atoms with Gasteiger partial charge in [-0.05, 0) is 49.4 Å². The van der Waals surface area contributed by atoms with Gasteiger partial charge in [-0.2, -0.15) is 0 Å². The molecule has 0 radical (unpaired) electrons. The molecule has 8 nitrogen and oxygen atoms in total. The summed E-state index contributed by atoms with van der Waals surface area (Å²) in [5.74, 6) is 0.101. The summed E-state index contributed by atoms with van der Waals surface area (Å²) in [6, 6.07) is 14.0. The molecule has 0 saturated heterocycles. The Balaban J connectivity index is 2.16. The summed E-state index contributed by atoms with van der Waals surface area (Å²) in [5, 5.41) is 3.25. The predicted molar refractivity (Wildman–Crippen MR) is 153 cm³/mol. The van der Waals surface area contributed by atoms with Crippen molar-refractivity contribution in [1.82, 2.24) is 10.2 Å². The summed E-state index contributed by atoms with van der Waals surface area (Å²) < 4.78 is 31.5. The van der Waals surface area contributed by atoms with Gasteiger partial charge in [-0.1, -0.05) is 62.2 Å². The molecule has 10 heteroatoms. The van der Waals surface area contributed by atoms with E-state index >= 15 is 0 Å². The van der Waals surface area contributed by atoms with Crippen molar-refractivity contribution in [2.24, 2.45) is 0 Å². The van der Waals surface area contributed by atoms with Gasteiger partial charge in [0.1, 0.15) is 11.8 Å². The van der Waals surface area contributed by atoms with Crippen molar-refractivity contribution < 1.29 is 22.7 Å². The van der Waals surface area contributed by atoms with Gasteiger partial charge in [0.25, 0.3) is 0 Å². The Morgan fingerprint density at radius 3 is 2.34 bits per heavy atom. The number of halogens is 1. The van der Waals surface area contributed by atoms with E-state index in [4.69, 9.17) is 16.3 Å². The zero-order valence-electron chi connectivity index (χ0n) is 22.8. The Bertz CT molecular complexity index is 1140. The van der Waals surface area contributed by atoms with Crippen molar-refractivity contribution >= 4 is 39.1 Å². The molecule has 0 spiro atoms. The highest BCUT2D eigenvalue weighted by Crippen LogP contribution is 2.30. The number of methoxy groups -OCH3 is 1. The summed E-state index contributed by atoms with van der Waals surface area (Å²) in [5.41, 5.74) is 1.47. The van der Waals surface area contributed by atoms with E-state index in [0.717, 1.165) is 24.7 Å². The molecule has 1 atom stereocenters. The number of carbonyl (C=O) groups is 2. The van der Waals surface area contributed by atoms with E-state index in [1.165, 1.54) is 17.5 Å². The Kier molecular flexibility index (Phi) is 12.9. The largest absolute Gasteiger partial charge is 0.495 e. The molecule has 0 aliphatic rings. The number of hydrogen-bond donors (Lipinski definition) is 1. The molecule has 2 aromatic rings. The summed E-state index contributed by atoms with van der Waals surface area (Å²) in [6.07, 6.45) is 4.44. The van der Waals surface area contributed by atoms with Gasteiger partial charge in [0.2, 0.25) is 21.8 Å². The quantitative estimate of drug-likeness (QED) is 0.299. The van der Waals surface area contributed by atoms with Crippen molar-refractivity contribution in [3.8, 4) is 5.75 Å². The molecule has 0 aliphatic heterocycles.